The van der Waals surface area contributed by atoms with Gasteiger partial charge in [-0.3, -0.25) is 14.2 Å². The van der Waals surface area contributed by atoms with Crippen LogP contribution in [-0.2, 0) is 11.3 Å². The van der Waals surface area contributed by atoms with Crippen molar-refractivity contribution in [1.29, 1.82) is 0 Å². The number of hydrogen-bond donors (Lipinski definition) is 1. The van der Waals surface area contributed by atoms with Crippen LogP contribution in [-0.4, -0.2) is 27.2 Å². The fourth-order valence-corrected chi connectivity index (χ4v) is 3.05. The number of nitrogens with zero attached hydrogens (tertiary/aromatic N) is 3. The first-order valence-electron chi connectivity index (χ1n) is 8.34. The lowest BCUT2D eigenvalue weighted by atomic mass is 9.97. The summed E-state index contributed by atoms with van der Waals surface area (Å²) >= 11 is 0. The lowest BCUT2D eigenvalue weighted by molar-refractivity contribution is -0.121. The number of aromatic nitrogens is 3. The van der Waals surface area contributed by atoms with Gasteiger partial charge in [0.05, 0.1) is 5.69 Å². The summed E-state index contributed by atoms with van der Waals surface area (Å²) in [5.74, 6) is 0.251. The summed E-state index contributed by atoms with van der Waals surface area (Å²) in [5, 5.41) is 6.98. The van der Waals surface area contributed by atoms with E-state index in [4.69, 9.17) is 4.52 Å². The van der Waals surface area contributed by atoms with Gasteiger partial charge in [0.2, 0.25) is 5.91 Å². The molecule has 0 aromatic carbocycles. The second-order valence-corrected chi connectivity index (χ2v) is 6.21. The van der Waals surface area contributed by atoms with E-state index in [0.29, 0.717) is 23.4 Å². The number of nitrogens with one attached hydrogen (secondary N) is 1. The van der Waals surface area contributed by atoms with Crippen LogP contribution in [0.4, 0.5) is 0 Å². The molecule has 0 spiro atoms. The van der Waals surface area contributed by atoms with Crippen LogP contribution < -0.4 is 10.9 Å². The zero-order valence-electron chi connectivity index (χ0n) is 14.1. The first-order valence-corrected chi connectivity index (χ1v) is 8.34. The van der Waals surface area contributed by atoms with Crippen LogP contribution in [0.5, 0.6) is 0 Å². The third-order valence-corrected chi connectivity index (χ3v) is 4.41. The lowest BCUT2D eigenvalue weighted by Crippen LogP contribution is -2.34. The van der Waals surface area contributed by atoms with Gasteiger partial charge in [-0.25, -0.2) is 0 Å². The number of allylic oxidation sites excluding steroid dienone is 1. The zero-order chi connectivity index (χ0) is 17.1. The first-order chi connectivity index (χ1) is 11.6. The molecule has 0 atom stereocenters. The molecule has 7 nitrogen and oxygen atoms in total. The van der Waals surface area contributed by atoms with E-state index >= 15 is 0 Å². The van der Waals surface area contributed by atoms with E-state index in [1.54, 1.807) is 13.8 Å². The highest BCUT2D eigenvalue weighted by atomic mass is 16.5. The van der Waals surface area contributed by atoms with Gasteiger partial charge in [-0.05, 0) is 46.0 Å². The molecule has 2 aromatic heterocycles. The molecule has 2 heterocycles. The van der Waals surface area contributed by atoms with Crippen molar-refractivity contribution in [3.63, 3.8) is 0 Å². The molecular weight excluding hydrogens is 308 g/mol. The van der Waals surface area contributed by atoms with E-state index in [0.717, 1.165) is 19.3 Å². The van der Waals surface area contributed by atoms with Crippen LogP contribution >= 0.6 is 0 Å². The molecule has 1 N–H and O–H groups in total. The number of amides is 1. The van der Waals surface area contributed by atoms with Crippen LogP contribution in [0, 0.1) is 13.8 Å². The molecule has 1 aliphatic rings. The maximum absolute atomic E-state index is 12.5. The summed E-state index contributed by atoms with van der Waals surface area (Å²) < 4.78 is 6.38. The van der Waals surface area contributed by atoms with Gasteiger partial charge in [-0.1, -0.05) is 16.8 Å². The van der Waals surface area contributed by atoms with Gasteiger partial charge in [0, 0.05) is 6.54 Å². The quantitative estimate of drug-likeness (QED) is 0.847. The summed E-state index contributed by atoms with van der Waals surface area (Å²) in [4.78, 5) is 28.9. The summed E-state index contributed by atoms with van der Waals surface area (Å²) in [6.45, 7) is 3.92. The number of carbonyl (C=O) groups excluding carboxylic acids is 1. The monoisotopic (exact) mass is 330 g/mol. The van der Waals surface area contributed by atoms with E-state index in [-0.39, 0.29) is 23.7 Å². The van der Waals surface area contributed by atoms with Gasteiger partial charge in [-0.2, -0.15) is 4.98 Å². The highest BCUT2D eigenvalue weighted by Crippen LogP contribution is 2.19. The van der Waals surface area contributed by atoms with Gasteiger partial charge >= 0.3 is 0 Å². The minimum Gasteiger partial charge on any atom is -0.354 e. The molecule has 0 unspecified atom stereocenters. The molecule has 0 bridgehead atoms. The molecule has 1 aliphatic carbocycles. The Morgan fingerprint density at radius 2 is 2.21 bits per heavy atom. The van der Waals surface area contributed by atoms with Crippen LogP contribution in [0.25, 0.3) is 11.1 Å². The van der Waals surface area contributed by atoms with Gasteiger partial charge in [0.15, 0.2) is 0 Å². The Morgan fingerprint density at radius 3 is 2.96 bits per heavy atom. The Morgan fingerprint density at radius 1 is 1.38 bits per heavy atom. The van der Waals surface area contributed by atoms with Gasteiger partial charge in [-0.15, -0.1) is 0 Å². The van der Waals surface area contributed by atoms with Crippen molar-refractivity contribution in [1.82, 2.24) is 20.0 Å². The summed E-state index contributed by atoms with van der Waals surface area (Å²) in [6, 6.07) is 0. The fourth-order valence-electron chi connectivity index (χ4n) is 3.05. The van der Waals surface area contributed by atoms with Crippen LogP contribution in [0.15, 0.2) is 21.0 Å². The lowest BCUT2D eigenvalue weighted by Gasteiger charge is -2.13. The van der Waals surface area contributed by atoms with Crippen molar-refractivity contribution in [2.45, 2.75) is 52.5 Å². The number of carbonyl (C=O) groups is 1. The topological polar surface area (TPSA) is 90.0 Å². The van der Waals surface area contributed by atoms with Gasteiger partial charge < -0.3 is 9.84 Å². The third kappa shape index (κ3) is 3.39. The Hall–Kier alpha value is -2.44. The smallest absolute Gasteiger partial charge is 0.267 e. The zero-order valence-corrected chi connectivity index (χ0v) is 14.1. The minimum absolute atomic E-state index is 0.0444. The Labute approximate surface area is 139 Å². The highest BCUT2D eigenvalue weighted by Gasteiger charge is 2.16. The average Bonchev–Trinajstić information content (AvgIpc) is 2.93. The number of aryl methyl sites for hydroxylation is 2. The molecule has 7 heteroatoms. The van der Waals surface area contributed by atoms with Crippen molar-refractivity contribution >= 4 is 17.0 Å². The first kappa shape index (κ1) is 16.4. The Kier molecular flexibility index (Phi) is 4.78. The SMILES string of the molecule is Cc1noc2nc(C)n(CC(=O)NCCC3=CCCCC3)c(=O)c12. The van der Waals surface area contributed by atoms with Gasteiger partial charge in [0.25, 0.3) is 11.3 Å². The molecule has 2 aromatic rings. The largest absolute Gasteiger partial charge is 0.354 e. The fraction of sp³-hybridized carbons (Fsp3) is 0.529. The number of rotatable bonds is 5. The second-order valence-electron chi connectivity index (χ2n) is 6.21. The van der Waals surface area contributed by atoms with Crippen molar-refractivity contribution in [3.8, 4) is 0 Å². The molecule has 0 saturated heterocycles. The maximum Gasteiger partial charge on any atom is 0.267 e. The second kappa shape index (κ2) is 6.98. The molecule has 1 amide bonds. The maximum atomic E-state index is 12.5. The van der Waals surface area contributed by atoms with Crippen LogP contribution in [0.3, 0.4) is 0 Å². The van der Waals surface area contributed by atoms with E-state index in [1.807, 2.05) is 0 Å². The minimum atomic E-state index is -0.290. The molecule has 128 valence electrons. The molecular formula is C17H22N4O3. The van der Waals surface area contributed by atoms with Crippen LogP contribution in [0.1, 0.15) is 43.6 Å². The molecule has 0 saturated carbocycles. The summed E-state index contributed by atoms with van der Waals surface area (Å²) in [7, 11) is 0. The van der Waals surface area contributed by atoms with E-state index in [2.05, 4.69) is 21.5 Å². The van der Waals surface area contributed by atoms with Crippen molar-refractivity contribution < 1.29 is 9.32 Å². The Balaban J connectivity index is 1.66. The summed E-state index contributed by atoms with van der Waals surface area (Å²) in [6.07, 6.45) is 7.91. The highest BCUT2D eigenvalue weighted by molar-refractivity contribution is 5.77. The van der Waals surface area contributed by atoms with Gasteiger partial charge in [0.1, 0.15) is 17.8 Å². The van der Waals surface area contributed by atoms with Crippen LogP contribution in [0.2, 0.25) is 0 Å². The van der Waals surface area contributed by atoms with E-state index in [9.17, 15) is 9.59 Å². The van der Waals surface area contributed by atoms with Crippen molar-refractivity contribution in [2.24, 2.45) is 0 Å². The van der Waals surface area contributed by atoms with E-state index < -0.39 is 0 Å². The normalized spacial score (nSPS) is 14.7. The standard InChI is InChI=1S/C17H22N4O3/c1-11-15-16(24-20-11)19-12(2)21(17(15)23)10-14(22)18-9-8-13-6-4-3-5-7-13/h6H,3-5,7-10H2,1-2H3,(H,18,22). The molecule has 0 aliphatic heterocycles. The van der Waals surface area contributed by atoms with Crippen molar-refractivity contribution in [2.75, 3.05) is 6.54 Å². The van der Waals surface area contributed by atoms with E-state index in [1.165, 1.54) is 23.0 Å². The molecule has 3 rings (SSSR count). The predicted molar refractivity (Wildman–Crippen MR) is 89.7 cm³/mol. The Bertz CT molecular complexity index is 847. The molecule has 24 heavy (non-hydrogen) atoms. The number of hydrogen-bond acceptors (Lipinski definition) is 5. The van der Waals surface area contributed by atoms with Crippen molar-refractivity contribution in [3.05, 3.63) is 33.5 Å². The third-order valence-electron chi connectivity index (χ3n) is 4.41. The summed E-state index contributed by atoms with van der Waals surface area (Å²) in [5.41, 5.74) is 1.83. The molecule has 0 radical (unpaired) electrons. The predicted octanol–water partition coefficient (Wildman–Crippen LogP) is 2.01. The molecule has 0 fully saturated rings. The average molecular weight is 330 g/mol. The number of fused-ring (bicyclic) bond motifs is 1.